The van der Waals surface area contributed by atoms with Crippen molar-refractivity contribution in [1.82, 2.24) is 15.1 Å². The molecular weight excluding hydrogens is 347 g/mol. The topological polar surface area (TPSA) is 72.9 Å². The minimum absolute atomic E-state index is 0.0387. The highest BCUT2D eigenvalue weighted by atomic mass is 35.5. The Kier molecular flexibility index (Phi) is 6.27. The van der Waals surface area contributed by atoms with E-state index in [2.05, 4.69) is 10.4 Å². The van der Waals surface area contributed by atoms with Crippen molar-refractivity contribution in [2.45, 2.75) is 27.2 Å². The molecule has 24 heavy (non-hydrogen) atoms. The highest BCUT2D eigenvalue weighted by molar-refractivity contribution is 6.35. The maximum absolute atomic E-state index is 12.2. The molecule has 5 nitrogen and oxygen atoms in total. The molecule has 1 amide bonds. The second-order valence-electron chi connectivity index (χ2n) is 5.98. The fourth-order valence-corrected chi connectivity index (χ4v) is 2.90. The Balaban J connectivity index is 2.21. The lowest BCUT2D eigenvalue weighted by Gasteiger charge is -2.10. The summed E-state index contributed by atoms with van der Waals surface area (Å²) >= 11 is 12.2. The zero-order valence-corrected chi connectivity index (χ0v) is 15.6. The van der Waals surface area contributed by atoms with Crippen LogP contribution in [0.15, 0.2) is 18.2 Å². The summed E-state index contributed by atoms with van der Waals surface area (Å²) in [7, 11) is 0. The fourth-order valence-electron chi connectivity index (χ4n) is 2.41. The molecule has 0 spiro atoms. The van der Waals surface area contributed by atoms with Crippen molar-refractivity contribution < 1.29 is 4.79 Å². The van der Waals surface area contributed by atoms with Gasteiger partial charge in [0.15, 0.2) is 0 Å². The van der Waals surface area contributed by atoms with Crippen LogP contribution < -0.4 is 11.1 Å². The van der Waals surface area contributed by atoms with Gasteiger partial charge < -0.3 is 11.1 Å². The van der Waals surface area contributed by atoms with Crippen LogP contribution >= 0.6 is 23.2 Å². The van der Waals surface area contributed by atoms with Gasteiger partial charge >= 0.3 is 0 Å². The second-order valence-corrected chi connectivity index (χ2v) is 6.82. The molecule has 7 heteroatoms. The van der Waals surface area contributed by atoms with Gasteiger partial charge in [-0.2, -0.15) is 5.10 Å². The number of aryl methyl sites for hydroxylation is 1. The van der Waals surface area contributed by atoms with Gasteiger partial charge in [0.1, 0.15) is 0 Å². The number of nitrogens with zero attached hydrogens (tertiary/aromatic N) is 2. The summed E-state index contributed by atoms with van der Waals surface area (Å²) in [6, 6.07) is 5.26. The van der Waals surface area contributed by atoms with Crippen LogP contribution in [0.3, 0.4) is 0 Å². The van der Waals surface area contributed by atoms with Crippen molar-refractivity contribution in [3.8, 4) is 5.69 Å². The smallest absolute Gasteiger partial charge is 0.224 e. The summed E-state index contributed by atoms with van der Waals surface area (Å²) < 4.78 is 1.75. The SMILES string of the molecule is Cc1nn(-c2ccc(Cl)cc2Cl)c(C)c1CC(=O)NCC(C)CN. The molecule has 130 valence electrons. The average molecular weight is 369 g/mol. The first-order valence-corrected chi connectivity index (χ1v) is 8.56. The normalized spacial score (nSPS) is 12.2. The quantitative estimate of drug-likeness (QED) is 0.822. The average Bonchev–Trinajstić information content (AvgIpc) is 2.80. The van der Waals surface area contributed by atoms with Crippen LogP contribution in [-0.4, -0.2) is 28.8 Å². The molecule has 0 bridgehead atoms. The monoisotopic (exact) mass is 368 g/mol. The lowest BCUT2D eigenvalue weighted by atomic mass is 10.1. The highest BCUT2D eigenvalue weighted by Crippen LogP contribution is 2.27. The molecule has 0 aliphatic rings. The van der Waals surface area contributed by atoms with Gasteiger partial charge in [-0.15, -0.1) is 0 Å². The predicted molar refractivity (Wildman–Crippen MR) is 98.0 cm³/mol. The van der Waals surface area contributed by atoms with E-state index in [1.165, 1.54) is 0 Å². The summed E-state index contributed by atoms with van der Waals surface area (Å²) in [6.07, 6.45) is 0.278. The fraction of sp³-hybridized carbons (Fsp3) is 0.412. The van der Waals surface area contributed by atoms with Crippen molar-refractivity contribution in [1.29, 1.82) is 0 Å². The molecule has 1 aromatic carbocycles. The molecule has 3 N–H and O–H groups in total. The number of nitrogens with one attached hydrogen (secondary N) is 1. The third kappa shape index (κ3) is 4.29. The van der Waals surface area contributed by atoms with Gasteiger partial charge in [0.2, 0.25) is 5.91 Å². The van der Waals surface area contributed by atoms with Crippen LogP contribution in [0.2, 0.25) is 10.0 Å². The Hall–Kier alpha value is -1.56. The number of carbonyl (C=O) groups excluding carboxylic acids is 1. The molecule has 0 aliphatic carbocycles. The molecule has 1 unspecified atom stereocenters. The van der Waals surface area contributed by atoms with Crippen molar-refractivity contribution >= 4 is 29.1 Å². The van der Waals surface area contributed by atoms with Crippen molar-refractivity contribution in [3.63, 3.8) is 0 Å². The lowest BCUT2D eigenvalue weighted by molar-refractivity contribution is -0.120. The van der Waals surface area contributed by atoms with E-state index in [1.54, 1.807) is 16.8 Å². The Morgan fingerprint density at radius 2 is 2.08 bits per heavy atom. The zero-order valence-electron chi connectivity index (χ0n) is 14.1. The molecule has 0 radical (unpaired) electrons. The van der Waals surface area contributed by atoms with Gasteiger partial charge in [0.25, 0.3) is 0 Å². The minimum Gasteiger partial charge on any atom is -0.355 e. The van der Waals surface area contributed by atoms with Gasteiger partial charge in [-0.25, -0.2) is 4.68 Å². The van der Waals surface area contributed by atoms with Gasteiger partial charge in [-0.05, 0) is 44.5 Å². The first-order chi connectivity index (χ1) is 11.3. The number of benzene rings is 1. The Labute approximate surface area is 152 Å². The van der Waals surface area contributed by atoms with E-state index >= 15 is 0 Å². The highest BCUT2D eigenvalue weighted by Gasteiger charge is 2.17. The van der Waals surface area contributed by atoms with Crippen LogP contribution in [0.25, 0.3) is 5.69 Å². The Morgan fingerprint density at radius 3 is 2.71 bits per heavy atom. The molecule has 2 aromatic rings. The van der Waals surface area contributed by atoms with E-state index in [0.29, 0.717) is 23.1 Å². The number of amides is 1. The molecule has 0 saturated heterocycles. The number of carbonyl (C=O) groups is 1. The second kappa shape index (κ2) is 8.01. The first-order valence-electron chi connectivity index (χ1n) is 7.80. The van der Waals surface area contributed by atoms with E-state index in [4.69, 9.17) is 28.9 Å². The Morgan fingerprint density at radius 1 is 1.38 bits per heavy atom. The molecule has 0 aliphatic heterocycles. The third-order valence-electron chi connectivity index (χ3n) is 3.97. The van der Waals surface area contributed by atoms with Crippen molar-refractivity contribution in [2.24, 2.45) is 11.7 Å². The molecule has 1 aromatic heterocycles. The standard InChI is InChI=1S/C17H22Cl2N4O/c1-10(8-20)9-21-17(24)7-14-11(2)22-23(12(14)3)16-5-4-13(18)6-15(16)19/h4-6,10H,7-9,20H2,1-3H3,(H,21,24). The predicted octanol–water partition coefficient (Wildman–Crippen LogP) is 3.05. The summed E-state index contributed by atoms with van der Waals surface area (Å²) in [5, 5.41) is 8.51. The van der Waals surface area contributed by atoms with Gasteiger partial charge in [-0.3, -0.25) is 4.79 Å². The van der Waals surface area contributed by atoms with Gasteiger partial charge in [0, 0.05) is 22.8 Å². The summed E-state index contributed by atoms with van der Waals surface area (Å²) in [6.45, 7) is 6.93. The van der Waals surface area contributed by atoms with E-state index in [-0.39, 0.29) is 18.2 Å². The summed E-state index contributed by atoms with van der Waals surface area (Å²) in [4.78, 5) is 12.2. The van der Waals surface area contributed by atoms with Crippen LogP contribution in [0, 0.1) is 19.8 Å². The van der Waals surface area contributed by atoms with Crippen molar-refractivity contribution in [3.05, 3.63) is 45.2 Å². The van der Waals surface area contributed by atoms with E-state index in [9.17, 15) is 4.79 Å². The molecule has 0 saturated carbocycles. The summed E-state index contributed by atoms with van der Waals surface area (Å²) in [5.74, 6) is 0.218. The summed E-state index contributed by atoms with van der Waals surface area (Å²) in [5.41, 5.74) is 8.90. The number of rotatable bonds is 6. The van der Waals surface area contributed by atoms with E-state index < -0.39 is 0 Å². The van der Waals surface area contributed by atoms with Crippen LogP contribution in [0.1, 0.15) is 23.9 Å². The van der Waals surface area contributed by atoms with Crippen LogP contribution in [-0.2, 0) is 11.2 Å². The van der Waals surface area contributed by atoms with E-state index in [0.717, 1.165) is 22.6 Å². The lowest BCUT2D eigenvalue weighted by Crippen LogP contribution is -2.32. The molecular formula is C17H22Cl2N4O. The minimum atomic E-state index is -0.0387. The molecule has 0 fully saturated rings. The molecule has 1 heterocycles. The number of halogens is 2. The number of hydrogen-bond acceptors (Lipinski definition) is 3. The van der Waals surface area contributed by atoms with Crippen LogP contribution in [0.4, 0.5) is 0 Å². The first kappa shape index (κ1) is 18.8. The largest absolute Gasteiger partial charge is 0.355 e. The maximum Gasteiger partial charge on any atom is 0.224 e. The number of aromatic nitrogens is 2. The van der Waals surface area contributed by atoms with Gasteiger partial charge in [0.05, 0.1) is 22.8 Å². The maximum atomic E-state index is 12.2. The third-order valence-corrected chi connectivity index (χ3v) is 4.50. The molecule has 2 rings (SSSR count). The van der Waals surface area contributed by atoms with E-state index in [1.807, 2.05) is 26.8 Å². The number of hydrogen-bond donors (Lipinski definition) is 2. The molecule has 1 atom stereocenters. The number of nitrogens with two attached hydrogens (primary N) is 1. The van der Waals surface area contributed by atoms with Gasteiger partial charge in [-0.1, -0.05) is 30.1 Å². The zero-order chi connectivity index (χ0) is 17.9. The van der Waals surface area contributed by atoms with Crippen molar-refractivity contribution in [2.75, 3.05) is 13.1 Å². The Bertz CT molecular complexity index is 742. The van der Waals surface area contributed by atoms with Crippen LogP contribution in [0.5, 0.6) is 0 Å².